The highest BCUT2D eigenvalue weighted by atomic mass is 16.5. The van der Waals surface area contributed by atoms with Crippen molar-refractivity contribution in [3.05, 3.63) is 83.4 Å². The summed E-state index contributed by atoms with van der Waals surface area (Å²) in [6.45, 7) is 11.7. The van der Waals surface area contributed by atoms with Gasteiger partial charge in [-0.2, -0.15) is 0 Å². The second-order valence-electron chi connectivity index (χ2n) is 9.04. The van der Waals surface area contributed by atoms with Crippen LogP contribution in [0.25, 0.3) is 0 Å². The predicted molar refractivity (Wildman–Crippen MR) is 117 cm³/mol. The van der Waals surface area contributed by atoms with Gasteiger partial charge in [-0.3, -0.25) is 4.79 Å². The molecule has 0 bridgehead atoms. The highest BCUT2D eigenvalue weighted by molar-refractivity contribution is 6.09. The first kappa shape index (κ1) is 22.6. The zero-order valence-electron chi connectivity index (χ0n) is 18.2. The molecule has 0 unspecified atom stereocenters. The molecule has 0 N–H and O–H groups in total. The molecule has 0 amide bonds. The van der Waals surface area contributed by atoms with Crippen LogP contribution in [0.1, 0.15) is 47.8 Å². The van der Waals surface area contributed by atoms with Crippen LogP contribution in [-0.2, 0) is 21.5 Å². The molecule has 4 nitrogen and oxygen atoms in total. The highest BCUT2D eigenvalue weighted by Crippen LogP contribution is 2.23. The van der Waals surface area contributed by atoms with Crippen molar-refractivity contribution in [2.24, 2.45) is 0 Å². The Bertz CT molecular complexity index is 856. The molecule has 0 saturated carbocycles. The summed E-state index contributed by atoms with van der Waals surface area (Å²) in [5.74, 6) is -0.370. The first-order valence-electron chi connectivity index (χ1n) is 9.87. The smallest absolute Gasteiger partial charge is 0.330 e. The number of carbonyl (C=O) groups excluding carboxylic acids is 2. The summed E-state index contributed by atoms with van der Waals surface area (Å²) in [4.78, 5) is 23.9. The fourth-order valence-electron chi connectivity index (χ4n) is 3.08. The molecule has 154 valence electrons. The van der Waals surface area contributed by atoms with E-state index in [1.165, 1.54) is 11.6 Å². The fourth-order valence-corrected chi connectivity index (χ4v) is 3.08. The predicted octanol–water partition coefficient (Wildman–Crippen LogP) is 4.52. The first-order chi connectivity index (χ1) is 13.5. The van der Waals surface area contributed by atoms with Crippen LogP contribution in [0.2, 0.25) is 0 Å². The Balaban J connectivity index is 2.01. The Morgan fingerprint density at radius 1 is 0.966 bits per heavy atom. The van der Waals surface area contributed by atoms with Crippen LogP contribution < -0.4 is 0 Å². The lowest BCUT2D eigenvalue weighted by atomic mass is 9.86. The summed E-state index contributed by atoms with van der Waals surface area (Å²) in [6.07, 6.45) is 1.17. The summed E-state index contributed by atoms with van der Waals surface area (Å²) < 4.78 is 5.75. The lowest BCUT2D eigenvalue weighted by molar-refractivity contribution is -0.903. The van der Waals surface area contributed by atoms with Crippen LogP contribution in [0.3, 0.4) is 0 Å². The summed E-state index contributed by atoms with van der Waals surface area (Å²) >= 11 is 0. The molecular formula is C25H32NO3+. The van der Waals surface area contributed by atoms with E-state index in [9.17, 15) is 9.59 Å². The van der Waals surface area contributed by atoms with E-state index < -0.39 is 5.97 Å². The van der Waals surface area contributed by atoms with E-state index in [1.807, 2.05) is 48.5 Å². The Morgan fingerprint density at radius 3 is 1.97 bits per heavy atom. The second kappa shape index (κ2) is 9.19. The van der Waals surface area contributed by atoms with Crippen molar-refractivity contribution in [3.63, 3.8) is 0 Å². The number of rotatable bonds is 8. The summed E-state index contributed by atoms with van der Waals surface area (Å²) in [7, 11) is 4.16. The molecule has 0 aliphatic carbocycles. The van der Waals surface area contributed by atoms with Gasteiger partial charge in [0.05, 0.1) is 14.1 Å². The SMILES string of the molecule is C=CC(=O)OCC[N+](C)(C)Cc1ccc(C(=O)c2ccc(C(C)(C)C)cc2)cc1. The number of esters is 1. The van der Waals surface area contributed by atoms with Gasteiger partial charge in [0.2, 0.25) is 0 Å². The quantitative estimate of drug-likeness (QED) is 0.286. The van der Waals surface area contributed by atoms with Crippen LogP contribution in [0.4, 0.5) is 0 Å². The van der Waals surface area contributed by atoms with Gasteiger partial charge in [-0.05, 0) is 11.0 Å². The van der Waals surface area contributed by atoms with Gasteiger partial charge in [0.1, 0.15) is 19.7 Å². The average Bonchev–Trinajstić information content (AvgIpc) is 2.67. The number of likely N-dealkylation sites (N-methyl/N-ethyl adjacent to an activating group) is 1. The number of hydrogen-bond donors (Lipinski definition) is 0. The molecule has 0 aliphatic rings. The van der Waals surface area contributed by atoms with Gasteiger partial charge < -0.3 is 9.22 Å². The Kier molecular flexibility index (Phi) is 7.15. The summed E-state index contributed by atoms with van der Waals surface area (Å²) in [5, 5.41) is 0. The van der Waals surface area contributed by atoms with Crippen LogP contribution >= 0.6 is 0 Å². The van der Waals surface area contributed by atoms with Crippen LogP contribution in [-0.4, -0.2) is 43.5 Å². The van der Waals surface area contributed by atoms with Gasteiger partial charge in [0.25, 0.3) is 0 Å². The van der Waals surface area contributed by atoms with Crippen molar-refractivity contribution >= 4 is 11.8 Å². The third kappa shape index (κ3) is 6.68. The molecule has 2 aromatic carbocycles. The van der Waals surface area contributed by atoms with Crippen molar-refractivity contribution in [1.29, 1.82) is 0 Å². The zero-order chi connectivity index (χ0) is 21.7. The van der Waals surface area contributed by atoms with Crippen LogP contribution in [0, 0.1) is 0 Å². The molecule has 4 heteroatoms. The maximum Gasteiger partial charge on any atom is 0.330 e. The van der Waals surface area contributed by atoms with Gasteiger partial charge >= 0.3 is 5.97 Å². The molecule has 0 saturated heterocycles. The third-order valence-corrected chi connectivity index (χ3v) is 4.95. The van der Waals surface area contributed by atoms with Gasteiger partial charge in [0.15, 0.2) is 5.78 Å². The Morgan fingerprint density at radius 2 is 1.48 bits per heavy atom. The minimum atomic E-state index is -0.400. The van der Waals surface area contributed by atoms with Crippen molar-refractivity contribution in [3.8, 4) is 0 Å². The molecule has 0 radical (unpaired) electrons. The maximum absolute atomic E-state index is 12.8. The number of quaternary nitrogens is 1. The molecule has 0 aliphatic heterocycles. The Hall–Kier alpha value is -2.72. The number of nitrogens with zero attached hydrogens (tertiary/aromatic N) is 1. The standard InChI is InChI=1S/C25H32NO3/c1-7-23(27)29-17-16-26(5,6)18-19-8-10-20(11-9-19)24(28)21-12-14-22(15-13-21)25(2,3)4/h7-15H,1,16-18H2,2-6H3/q+1. The minimum Gasteiger partial charge on any atom is -0.457 e. The van der Waals surface area contributed by atoms with E-state index >= 15 is 0 Å². The van der Waals surface area contributed by atoms with Crippen LogP contribution in [0.5, 0.6) is 0 Å². The molecule has 2 aromatic rings. The first-order valence-corrected chi connectivity index (χ1v) is 9.87. The van der Waals surface area contributed by atoms with Crippen molar-refractivity contribution in [1.82, 2.24) is 0 Å². The van der Waals surface area contributed by atoms with Crippen molar-refractivity contribution in [2.45, 2.75) is 32.7 Å². The number of hydrogen-bond acceptors (Lipinski definition) is 3. The minimum absolute atomic E-state index is 0.0297. The van der Waals surface area contributed by atoms with Crippen molar-refractivity contribution in [2.75, 3.05) is 27.2 Å². The summed E-state index contributed by atoms with van der Waals surface area (Å²) in [6, 6.07) is 15.6. The molecule has 0 atom stereocenters. The summed E-state index contributed by atoms with van der Waals surface area (Å²) in [5.41, 5.74) is 3.79. The molecule has 2 rings (SSSR count). The molecule has 29 heavy (non-hydrogen) atoms. The van der Waals surface area contributed by atoms with E-state index in [-0.39, 0.29) is 11.2 Å². The molecule has 0 fully saturated rings. The topological polar surface area (TPSA) is 43.4 Å². The monoisotopic (exact) mass is 394 g/mol. The zero-order valence-corrected chi connectivity index (χ0v) is 18.2. The normalized spacial score (nSPS) is 11.8. The van der Waals surface area contributed by atoms with E-state index in [0.29, 0.717) is 28.8 Å². The lowest BCUT2D eigenvalue weighted by Crippen LogP contribution is -2.41. The van der Waals surface area contributed by atoms with E-state index in [0.717, 1.165) is 12.1 Å². The molecule has 0 heterocycles. The second-order valence-corrected chi connectivity index (χ2v) is 9.04. The van der Waals surface area contributed by atoms with E-state index in [1.54, 1.807) is 0 Å². The highest BCUT2D eigenvalue weighted by Gasteiger charge is 2.18. The molecular weight excluding hydrogens is 362 g/mol. The number of benzene rings is 2. The fraction of sp³-hybridized carbons (Fsp3) is 0.360. The molecule has 0 aromatic heterocycles. The van der Waals surface area contributed by atoms with Crippen molar-refractivity contribution < 1.29 is 18.8 Å². The van der Waals surface area contributed by atoms with Gasteiger partial charge in [-0.25, -0.2) is 4.79 Å². The average molecular weight is 395 g/mol. The van der Waals surface area contributed by atoms with E-state index in [4.69, 9.17) is 4.74 Å². The van der Waals surface area contributed by atoms with Crippen LogP contribution in [0.15, 0.2) is 61.2 Å². The molecule has 0 spiro atoms. The number of carbonyl (C=O) groups is 2. The van der Waals surface area contributed by atoms with Gasteiger partial charge in [0, 0.05) is 22.8 Å². The Labute approximate surface area is 174 Å². The largest absolute Gasteiger partial charge is 0.457 e. The van der Waals surface area contributed by atoms with E-state index in [2.05, 4.69) is 41.4 Å². The number of ether oxygens (including phenoxy) is 1. The lowest BCUT2D eigenvalue weighted by Gasteiger charge is -2.29. The van der Waals surface area contributed by atoms with Gasteiger partial charge in [-0.15, -0.1) is 0 Å². The number of ketones is 1. The maximum atomic E-state index is 12.8. The van der Waals surface area contributed by atoms with Gasteiger partial charge in [-0.1, -0.05) is 75.9 Å². The third-order valence-electron chi connectivity index (χ3n) is 4.95.